The third-order valence-electron chi connectivity index (χ3n) is 3.00. The molecule has 0 saturated heterocycles. The molecular formula is C15H17ClFN3. The fraction of sp³-hybridized carbons (Fsp3) is 0.333. The van der Waals surface area contributed by atoms with Crippen LogP contribution in [0.15, 0.2) is 36.8 Å². The van der Waals surface area contributed by atoms with Crippen molar-refractivity contribution in [2.75, 3.05) is 6.54 Å². The van der Waals surface area contributed by atoms with E-state index in [0.29, 0.717) is 6.42 Å². The minimum Gasteiger partial charge on any atom is -0.308 e. The lowest BCUT2D eigenvalue weighted by Gasteiger charge is -2.18. The molecule has 0 aliphatic rings. The Balaban J connectivity index is 2.17. The SMILES string of the molecule is CCCNC(Cc1ccc(F)c(Cl)c1)c1cnccn1. The van der Waals surface area contributed by atoms with Crippen molar-refractivity contribution in [3.8, 4) is 0 Å². The van der Waals surface area contributed by atoms with Crippen LogP contribution in [0.3, 0.4) is 0 Å². The van der Waals surface area contributed by atoms with Gasteiger partial charge in [-0.05, 0) is 37.1 Å². The van der Waals surface area contributed by atoms with Crippen LogP contribution in [0, 0.1) is 5.82 Å². The van der Waals surface area contributed by atoms with E-state index in [1.165, 1.54) is 6.07 Å². The van der Waals surface area contributed by atoms with Crippen LogP contribution >= 0.6 is 11.6 Å². The van der Waals surface area contributed by atoms with Gasteiger partial charge in [-0.15, -0.1) is 0 Å². The monoisotopic (exact) mass is 293 g/mol. The summed E-state index contributed by atoms with van der Waals surface area (Å²) in [6.45, 7) is 2.99. The molecule has 2 rings (SSSR count). The average molecular weight is 294 g/mol. The van der Waals surface area contributed by atoms with Gasteiger partial charge in [0.25, 0.3) is 0 Å². The Hall–Kier alpha value is -1.52. The summed E-state index contributed by atoms with van der Waals surface area (Å²) >= 11 is 5.82. The van der Waals surface area contributed by atoms with Gasteiger partial charge in [0.05, 0.1) is 16.8 Å². The highest BCUT2D eigenvalue weighted by atomic mass is 35.5. The summed E-state index contributed by atoms with van der Waals surface area (Å²) in [6, 6.07) is 4.85. The van der Waals surface area contributed by atoms with Crippen molar-refractivity contribution in [1.29, 1.82) is 0 Å². The molecule has 0 saturated carbocycles. The van der Waals surface area contributed by atoms with Crippen molar-refractivity contribution < 1.29 is 4.39 Å². The Morgan fingerprint density at radius 3 is 2.85 bits per heavy atom. The van der Waals surface area contributed by atoms with E-state index < -0.39 is 5.82 Å². The second kappa shape index (κ2) is 7.31. The van der Waals surface area contributed by atoms with Crippen LogP contribution < -0.4 is 5.32 Å². The van der Waals surface area contributed by atoms with Gasteiger partial charge in [0.15, 0.2) is 0 Å². The van der Waals surface area contributed by atoms with Gasteiger partial charge in [-0.3, -0.25) is 9.97 Å². The summed E-state index contributed by atoms with van der Waals surface area (Å²) in [5.41, 5.74) is 1.84. The number of hydrogen-bond acceptors (Lipinski definition) is 3. The molecule has 1 aromatic heterocycles. The maximum Gasteiger partial charge on any atom is 0.141 e. The van der Waals surface area contributed by atoms with E-state index in [-0.39, 0.29) is 11.1 Å². The molecule has 0 radical (unpaired) electrons. The number of rotatable bonds is 6. The van der Waals surface area contributed by atoms with E-state index in [4.69, 9.17) is 11.6 Å². The standard InChI is InChI=1S/C15H17ClFN3/c1-2-5-19-14(15-10-18-6-7-20-15)9-11-3-4-13(17)12(16)8-11/h3-4,6-8,10,14,19H,2,5,9H2,1H3. The lowest BCUT2D eigenvalue weighted by atomic mass is 10.0. The third-order valence-corrected chi connectivity index (χ3v) is 3.29. The number of nitrogens with one attached hydrogen (secondary N) is 1. The van der Waals surface area contributed by atoms with Crippen molar-refractivity contribution in [3.63, 3.8) is 0 Å². The highest BCUT2D eigenvalue weighted by molar-refractivity contribution is 6.30. The highest BCUT2D eigenvalue weighted by Crippen LogP contribution is 2.21. The first kappa shape index (κ1) is 14.9. The summed E-state index contributed by atoms with van der Waals surface area (Å²) < 4.78 is 13.2. The lowest BCUT2D eigenvalue weighted by molar-refractivity contribution is 0.515. The summed E-state index contributed by atoms with van der Waals surface area (Å²) in [5.74, 6) is -0.395. The van der Waals surface area contributed by atoms with Crippen LogP contribution in [0.2, 0.25) is 5.02 Å². The third kappa shape index (κ3) is 3.99. The number of hydrogen-bond donors (Lipinski definition) is 1. The molecule has 20 heavy (non-hydrogen) atoms. The van der Waals surface area contributed by atoms with Crippen molar-refractivity contribution >= 4 is 11.6 Å². The molecule has 1 N–H and O–H groups in total. The fourth-order valence-electron chi connectivity index (χ4n) is 1.99. The second-order valence-corrected chi connectivity index (χ2v) is 5.00. The molecule has 106 valence electrons. The number of benzene rings is 1. The maximum absolute atomic E-state index is 13.2. The van der Waals surface area contributed by atoms with Crippen LogP contribution in [0.25, 0.3) is 0 Å². The molecule has 0 bridgehead atoms. The molecule has 0 aliphatic carbocycles. The van der Waals surface area contributed by atoms with Crippen molar-refractivity contribution in [2.45, 2.75) is 25.8 Å². The van der Waals surface area contributed by atoms with E-state index in [0.717, 1.165) is 24.2 Å². The average Bonchev–Trinajstić information content (AvgIpc) is 2.48. The molecule has 1 aromatic carbocycles. The maximum atomic E-state index is 13.2. The Labute approximate surface area is 123 Å². The summed E-state index contributed by atoms with van der Waals surface area (Å²) in [4.78, 5) is 8.43. The van der Waals surface area contributed by atoms with E-state index in [9.17, 15) is 4.39 Å². The molecule has 0 spiro atoms. The van der Waals surface area contributed by atoms with Gasteiger partial charge in [0, 0.05) is 18.6 Å². The minimum atomic E-state index is -0.395. The van der Waals surface area contributed by atoms with Crippen molar-refractivity contribution in [1.82, 2.24) is 15.3 Å². The first-order valence-corrected chi connectivity index (χ1v) is 7.01. The fourth-order valence-corrected chi connectivity index (χ4v) is 2.20. The molecule has 0 amide bonds. The van der Waals surface area contributed by atoms with Gasteiger partial charge in [-0.2, -0.15) is 0 Å². The zero-order valence-electron chi connectivity index (χ0n) is 11.3. The zero-order chi connectivity index (χ0) is 14.4. The lowest BCUT2D eigenvalue weighted by Crippen LogP contribution is -2.25. The van der Waals surface area contributed by atoms with E-state index in [1.54, 1.807) is 30.7 Å². The molecule has 1 heterocycles. The van der Waals surface area contributed by atoms with Gasteiger partial charge < -0.3 is 5.32 Å². The Kier molecular flexibility index (Phi) is 5.44. The molecule has 5 heteroatoms. The normalized spacial score (nSPS) is 12.3. The van der Waals surface area contributed by atoms with Gasteiger partial charge in [-0.1, -0.05) is 24.6 Å². The molecule has 1 atom stereocenters. The molecule has 0 fully saturated rings. The van der Waals surface area contributed by atoms with Gasteiger partial charge >= 0.3 is 0 Å². The smallest absolute Gasteiger partial charge is 0.141 e. The molecular weight excluding hydrogens is 277 g/mol. The van der Waals surface area contributed by atoms with E-state index in [1.807, 2.05) is 0 Å². The highest BCUT2D eigenvalue weighted by Gasteiger charge is 2.14. The number of halogens is 2. The minimum absolute atomic E-state index is 0.0465. The predicted octanol–water partition coefficient (Wildman–Crippen LogP) is 3.55. The van der Waals surface area contributed by atoms with Gasteiger partial charge in [0.1, 0.15) is 5.82 Å². The summed E-state index contributed by atoms with van der Waals surface area (Å²) in [7, 11) is 0. The quantitative estimate of drug-likeness (QED) is 0.885. The molecule has 3 nitrogen and oxygen atoms in total. The Bertz CT molecular complexity index is 548. The van der Waals surface area contributed by atoms with Crippen LogP contribution in [0.5, 0.6) is 0 Å². The first-order chi connectivity index (χ1) is 9.70. The first-order valence-electron chi connectivity index (χ1n) is 6.64. The van der Waals surface area contributed by atoms with Gasteiger partial charge in [0.2, 0.25) is 0 Å². The molecule has 0 aliphatic heterocycles. The second-order valence-electron chi connectivity index (χ2n) is 4.59. The van der Waals surface area contributed by atoms with E-state index >= 15 is 0 Å². The number of aromatic nitrogens is 2. The number of nitrogens with zero attached hydrogens (tertiary/aromatic N) is 2. The Morgan fingerprint density at radius 1 is 1.35 bits per heavy atom. The van der Waals surface area contributed by atoms with Crippen LogP contribution in [0.1, 0.15) is 30.6 Å². The van der Waals surface area contributed by atoms with Crippen LogP contribution in [-0.4, -0.2) is 16.5 Å². The van der Waals surface area contributed by atoms with Crippen molar-refractivity contribution in [3.05, 3.63) is 58.9 Å². The molecule has 1 unspecified atom stereocenters. The zero-order valence-corrected chi connectivity index (χ0v) is 12.1. The largest absolute Gasteiger partial charge is 0.308 e. The summed E-state index contributed by atoms with van der Waals surface area (Å²) in [6.07, 6.45) is 6.79. The van der Waals surface area contributed by atoms with Crippen LogP contribution in [0.4, 0.5) is 4.39 Å². The van der Waals surface area contributed by atoms with Gasteiger partial charge in [-0.25, -0.2) is 4.39 Å². The topological polar surface area (TPSA) is 37.8 Å². The summed E-state index contributed by atoms with van der Waals surface area (Å²) in [5, 5.41) is 3.58. The Morgan fingerprint density at radius 2 is 2.20 bits per heavy atom. The van der Waals surface area contributed by atoms with Crippen LogP contribution in [-0.2, 0) is 6.42 Å². The predicted molar refractivity (Wildman–Crippen MR) is 78.2 cm³/mol. The van der Waals surface area contributed by atoms with Crippen molar-refractivity contribution in [2.24, 2.45) is 0 Å². The molecule has 2 aromatic rings. The van der Waals surface area contributed by atoms with E-state index in [2.05, 4.69) is 22.2 Å².